The maximum Gasteiger partial charge on any atom is 0.331 e. The van der Waals surface area contributed by atoms with Crippen LogP contribution in [0.5, 0.6) is 0 Å². The largest absolute Gasteiger partial charge is 0.464 e. The van der Waals surface area contributed by atoms with E-state index in [-0.39, 0.29) is 5.97 Å². The van der Waals surface area contributed by atoms with Crippen LogP contribution in [0.15, 0.2) is 0 Å². The van der Waals surface area contributed by atoms with Gasteiger partial charge in [0.15, 0.2) is 0 Å². The Labute approximate surface area is 58.5 Å². The third-order valence-corrected chi connectivity index (χ3v) is 1.66. The van der Waals surface area contributed by atoms with Crippen molar-refractivity contribution in [2.75, 3.05) is 6.61 Å². The van der Waals surface area contributed by atoms with E-state index in [9.17, 15) is 9.59 Å². The molecule has 1 amide bonds. The van der Waals surface area contributed by atoms with Crippen LogP contribution in [0, 0.1) is 0 Å². The van der Waals surface area contributed by atoms with E-state index >= 15 is 0 Å². The molecule has 1 aliphatic heterocycles. The zero-order valence-corrected chi connectivity index (χ0v) is 5.72. The second-order valence-electron chi connectivity index (χ2n) is 2.48. The third kappa shape index (κ3) is 0.964. The lowest BCUT2D eigenvalue weighted by Gasteiger charge is -2.16. The van der Waals surface area contributed by atoms with Gasteiger partial charge >= 0.3 is 5.97 Å². The summed E-state index contributed by atoms with van der Waals surface area (Å²) in [5.74, 6) is -0.348. The first-order valence-corrected chi connectivity index (χ1v) is 3.07. The van der Waals surface area contributed by atoms with Crippen molar-refractivity contribution < 1.29 is 14.3 Å². The molecule has 0 spiro atoms. The van der Waals surface area contributed by atoms with Gasteiger partial charge in [-0.15, -0.1) is 0 Å². The van der Waals surface area contributed by atoms with E-state index in [1.54, 1.807) is 6.92 Å². The number of esters is 1. The van der Waals surface area contributed by atoms with Crippen molar-refractivity contribution in [3.05, 3.63) is 0 Å². The van der Waals surface area contributed by atoms with Gasteiger partial charge in [-0.2, -0.15) is 0 Å². The lowest BCUT2D eigenvalue weighted by atomic mass is 10.0. The molecular formula is C6H9NO3. The lowest BCUT2D eigenvalue weighted by Crippen LogP contribution is -2.45. The molecule has 1 aliphatic rings. The minimum atomic E-state index is -0.776. The molecule has 0 aromatic heterocycles. The highest BCUT2D eigenvalue weighted by atomic mass is 16.5. The minimum Gasteiger partial charge on any atom is -0.464 e. The number of amides is 1. The molecule has 4 heteroatoms. The fraction of sp³-hybridized carbons (Fsp3) is 0.667. The molecule has 0 aromatic carbocycles. The van der Waals surface area contributed by atoms with Crippen molar-refractivity contribution in [1.29, 1.82) is 0 Å². The first kappa shape index (κ1) is 7.05. The molecule has 0 saturated carbocycles. The third-order valence-electron chi connectivity index (χ3n) is 1.66. The monoisotopic (exact) mass is 143 g/mol. The molecule has 0 aliphatic carbocycles. The molecular weight excluding hydrogens is 134 g/mol. The Bertz CT molecular complexity index is 168. The Morgan fingerprint density at radius 2 is 2.50 bits per heavy atom. The van der Waals surface area contributed by atoms with Gasteiger partial charge in [0.05, 0.1) is 6.61 Å². The summed E-state index contributed by atoms with van der Waals surface area (Å²) < 4.78 is 4.66. The van der Waals surface area contributed by atoms with Crippen molar-refractivity contribution in [1.82, 2.24) is 5.32 Å². The number of cyclic esters (lactones) is 1. The summed E-state index contributed by atoms with van der Waals surface area (Å²) in [5, 5.41) is 2.42. The molecule has 1 saturated heterocycles. The predicted octanol–water partition coefficient (Wildman–Crippen LogP) is -0.562. The van der Waals surface area contributed by atoms with E-state index in [1.807, 2.05) is 0 Å². The number of carbonyl (C=O) groups excluding carboxylic acids is 2. The highest BCUT2D eigenvalue weighted by Crippen LogP contribution is 2.17. The van der Waals surface area contributed by atoms with Crippen LogP contribution in [0.1, 0.15) is 13.3 Å². The lowest BCUT2D eigenvalue weighted by molar-refractivity contribution is -0.143. The molecule has 1 N–H and O–H groups in total. The van der Waals surface area contributed by atoms with Gasteiger partial charge in [-0.1, -0.05) is 0 Å². The number of carbonyl (C=O) groups is 2. The summed E-state index contributed by atoms with van der Waals surface area (Å²) >= 11 is 0. The summed E-state index contributed by atoms with van der Waals surface area (Å²) in [4.78, 5) is 20.8. The Balaban J connectivity index is 2.65. The van der Waals surface area contributed by atoms with Crippen LogP contribution >= 0.6 is 0 Å². The van der Waals surface area contributed by atoms with E-state index in [0.29, 0.717) is 19.4 Å². The van der Waals surface area contributed by atoms with Gasteiger partial charge in [-0.3, -0.25) is 4.79 Å². The van der Waals surface area contributed by atoms with Crippen LogP contribution in [0.4, 0.5) is 0 Å². The average Bonchev–Trinajstić information content (AvgIpc) is 2.15. The maximum atomic E-state index is 10.8. The molecule has 1 heterocycles. The Morgan fingerprint density at radius 3 is 2.90 bits per heavy atom. The number of hydrogen-bond acceptors (Lipinski definition) is 3. The summed E-state index contributed by atoms with van der Waals surface area (Å²) in [7, 11) is 0. The SMILES string of the molecule is C[C@@]1(NC=O)CCOC1=O. The Morgan fingerprint density at radius 1 is 1.80 bits per heavy atom. The van der Waals surface area contributed by atoms with Gasteiger partial charge in [0.1, 0.15) is 5.54 Å². The van der Waals surface area contributed by atoms with Gasteiger partial charge in [0, 0.05) is 6.42 Å². The van der Waals surface area contributed by atoms with Crippen molar-refractivity contribution in [2.24, 2.45) is 0 Å². The van der Waals surface area contributed by atoms with E-state index in [4.69, 9.17) is 0 Å². The van der Waals surface area contributed by atoms with Gasteiger partial charge in [0.25, 0.3) is 0 Å². The van der Waals surface area contributed by atoms with E-state index in [2.05, 4.69) is 10.1 Å². The van der Waals surface area contributed by atoms with Crippen LogP contribution in [0.2, 0.25) is 0 Å². The topological polar surface area (TPSA) is 55.4 Å². The number of nitrogens with one attached hydrogen (secondary N) is 1. The molecule has 10 heavy (non-hydrogen) atoms. The van der Waals surface area contributed by atoms with Crippen LogP contribution in [0.3, 0.4) is 0 Å². The smallest absolute Gasteiger partial charge is 0.331 e. The molecule has 4 nitrogen and oxygen atoms in total. The second kappa shape index (κ2) is 2.28. The van der Waals surface area contributed by atoms with Gasteiger partial charge < -0.3 is 10.1 Å². The zero-order valence-electron chi connectivity index (χ0n) is 5.72. The quantitative estimate of drug-likeness (QED) is 0.416. The number of hydrogen-bond donors (Lipinski definition) is 1. The normalized spacial score (nSPS) is 31.5. The average molecular weight is 143 g/mol. The maximum absolute atomic E-state index is 10.8. The Kier molecular flexibility index (Phi) is 1.61. The van der Waals surface area contributed by atoms with E-state index < -0.39 is 5.54 Å². The molecule has 0 aromatic rings. The van der Waals surface area contributed by atoms with Crippen LogP contribution in [-0.2, 0) is 14.3 Å². The summed E-state index contributed by atoms with van der Waals surface area (Å²) in [6.07, 6.45) is 1.08. The van der Waals surface area contributed by atoms with Crippen molar-refractivity contribution in [3.63, 3.8) is 0 Å². The predicted molar refractivity (Wildman–Crippen MR) is 33.2 cm³/mol. The first-order chi connectivity index (χ1) is 4.69. The molecule has 56 valence electrons. The van der Waals surface area contributed by atoms with Gasteiger partial charge in [-0.25, -0.2) is 4.79 Å². The first-order valence-electron chi connectivity index (χ1n) is 3.07. The van der Waals surface area contributed by atoms with Crippen LogP contribution in [0.25, 0.3) is 0 Å². The molecule has 0 unspecified atom stereocenters. The van der Waals surface area contributed by atoms with E-state index in [1.165, 1.54) is 0 Å². The standard InChI is InChI=1S/C6H9NO3/c1-6(7-4-8)2-3-10-5(6)9/h4H,2-3H2,1H3,(H,7,8)/t6-/m1/s1. The summed E-state index contributed by atoms with van der Waals surface area (Å²) in [6, 6.07) is 0. The van der Waals surface area contributed by atoms with Gasteiger partial charge in [-0.05, 0) is 6.92 Å². The highest BCUT2D eigenvalue weighted by molar-refractivity contribution is 5.84. The van der Waals surface area contributed by atoms with Crippen LogP contribution in [-0.4, -0.2) is 24.5 Å². The van der Waals surface area contributed by atoms with Crippen LogP contribution < -0.4 is 5.32 Å². The molecule has 0 bridgehead atoms. The number of ether oxygens (including phenoxy) is 1. The summed E-state index contributed by atoms with van der Waals surface area (Å²) in [5.41, 5.74) is -0.776. The molecule has 0 radical (unpaired) electrons. The summed E-state index contributed by atoms with van der Waals surface area (Å²) in [6.45, 7) is 2.05. The molecule has 1 rings (SSSR count). The Hall–Kier alpha value is -1.06. The fourth-order valence-corrected chi connectivity index (χ4v) is 0.870. The van der Waals surface area contributed by atoms with Crippen molar-refractivity contribution >= 4 is 12.4 Å². The fourth-order valence-electron chi connectivity index (χ4n) is 0.870. The highest BCUT2D eigenvalue weighted by Gasteiger charge is 2.39. The minimum absolute atomic E-state index is 0.348. The second-order valence-corrected chi connectivity index (χ2v) is 2.48. The number of rotatable bonds is 2. The van der Waals surface area contributed by atoms with Crippen molar-refractivity contribution in [3.8, 4) is 0 Å². The molecule has 1 atom stereocenters. The van der Waals surface area contributed by atoms with E-state index in [0.717, 1.165) is 0 Å². The molecule has 1 fully saturated rings. The zero-order chi connectivity index (χ0) is 7.61. The van der Waals surface area contributed by atoms with Gasteiger partial charge in [0.2, 0.25) is 6.41 Å². The van der Waals surface area contributed by atoms with Crippen molar-refractivity contribution in [2.45, 2.75) is 18.9 Å².